The van der Waals surface area contributed by atoms with Crippen LogP contribution in [0.3, 0.4) is 0 Å². The van der Waals surface area contributed by atoms with Crippen LogP contribution in [0.15, 0.2) is 18.3 Å². The molecule has 0 spiro atoms. The Hall–Kier alpha value is -1.62. The monoisotopic (exact) mass is 248 g/mol. The van der Waals surface area contributed by atoms with Gasteiger partial charge in [0.25, 0.3) is 5.91 Å². The molecule has 1 aliphatic rings. The van der Waals surface area contributed by atoms with Crippen molar-refractivity contribution in [3.05, 3.63) is 24.0 Å². The van der Waals surface area contributed by atoms with E-state index in [1.54, 1.807) is 12.3 Å². The van der Waals surface area contributed by atoms with Crippen molar-refractivity contribution < 1.29 is 4.79 Å². The Morgan fingerprint density at radius 1 is 1.56 bits per heavy atom. The fourth-order valence-electron chi connectivity index (χ4n) is 2.77. The standard InChI is InChI=1S/C13H20N4O/c1-17(12-4-2-3-9(12)8-14)10-5-6-16-11(7-10)13(15)18/h5-7,9,12H,2-4,8,14H2,1H3,(H2,15,18). The van der Waals surface area contributed by atoms with E-state index in [1.807, 2.05) is 13.1 Å². The summed E-state index contributed by atoms with van der Waals surface area (Å²) >= 11 is 0. The minimum absolute atomic E-state index is 0.307. The van der Waals surface area contributed by atoms with Crippen molar-refractivity contribution in [2.45, 2.75) is 25.3 Å². The first-order chi connectivity index (χ1) is 8.63. The van der Waals surface area contributed by atoms with E-state index in [2.05, 4.69) is 9.88 Å². The SMILES string of the molecule is CN(c1ccnc(C(N)=O)c1)C1CCCC1CN. The maximum Gasteiger partial charge on any atom is 0.267 e. The number of rotatable bonds is 4. The predicted molar refractivity (Wildman–Crippen MR) is 71.3 cm³/mol. The highest BCUT2D eigenvalue weighted by Crippen LogP contribution is 2.31. The second-order valence-corrected chi connectivity index (χ2v) is 4.87. The topological polar surface area (TPSA) is 85.2 Å². The van der Waals surface area contributed by atoms with Gasteiger partial charge in [-0.05, 0) is 37.4 Å². The highest BCUT2D eigenvalue weighted by atomic mass is 16.1. The number of pyridine rings is 1. The fraction of sp³-hybridized carbons (Fsp3) is 0.538. The molecule has 1 saturated carbocycles. The number of nitrogens with two attached hydrogens (primary N) is 2. The Kier molecular flexibility index (Phi) is 3.81. The summed E-state index contributed by atoms with van der Waals surface area (Å²) in [5, 5.41) is 0. The van der Waals surface area contributed by atoms with Crippen molar-refractivity contribution in [3.8, 4) is 0 Å². The van der Waals surface area contributed by atoms with E-state index in [0.29, 0.717) is 24.2 Å². The van der Waals surface area contributed by atoms with Gasteiger partial charge in [-0.3, -0.25) is 9.78 Å². The maximum absolute atomic E-state index is 11.1. The molecule has 0 aliphatic heterocycles. The molecule has 1 aromatic heterocycles. The van der Waals surface area contributed by atoms with Gasteiger partial charge in [0.15, 0.2) is 0 Å². The van der Waals surface area contributed by atoms with Gasteiger partial charge in [0, 0.05) is 25.0 Å². The molecule has 98 valence electrons. The number of primary amides is 1. The van der Waals surface area contributed by atoms with Crippen molar-refractivity contribution in [3.63, 3.8) is 0 Å². The second-order valence-electron chi connectivity index (χ2n) is 4.87. The molecule has 18 heavy (non-hydrogen) atoms. The van der Waals surface area contributed by atoms with Crippen LogP contribution in [0.1, 0.15) is 29.8 Å². The third kappa shape index (κ3) is 2.46. The molecule has 0 saturated heterocycles. The van der Waals surface area contributed by atoms with Crippen LogP contribution in [-0.4, -0.2) is 30.5 Å². The molecule has 0 radical (unpaired) electrons. The maximum atomic E-state index is 11.1. The van der Waals surface area contributed by atoms with Gasteiger partial charge in [-0.2, -0.15) is 0 Å². The summed E-state index contributed by atoms with van der Waals surface area (Å²) in [5.74, 6) is 0.0345. The van der Waals surface area contributed by atoms with E-state index in [9.17, 15) is 4.79 Å². The number of nitrogens with zero attached hydrogens (tertiary/aromatic N) is 2. The van der Waals surface area contributed by atoms with E-state index in [4.69, 9.17) is 11.5 Å². The number of anilines is 1. The molecule has 1 aromatic rings. The molecule has 1 heterocycles. The van der Waals surface area contributed by atoms with Gasteiger partial charge in [0.05, 0.1) is 0 Å². The molecule has 5 heteroatoms. The van der Waals surface area contributed by atoms with Gasteiger partial charge in [-0.25, -0.2) is 0 Å². The van der Waals surface area contributed by atoms with E-state index < -0.39 is 5.91 Å². The summed E-state index contributed by atoms with van der Waals surface area (Å²) in [4.78, 5) is 17.3. The number of carbonyl (C=O) groups excluding carboxylic acids is 1. The summed E-state index contributed by atoms with van der Waals surface area (Å²) in [7, 11) is 2.04. The lowest BCUT2D eigenvalue weighted by Crippen LogP contribution is -2.37. The Morgan fingerprint density at radius 3 is 3.00 bits per heavy atom. The summed E-state index contributed by atoms with van der Waals surface area (Å²) in [5.41, 5.74) is 12.3. The van der Waals surface area contributed by atoms with E-state index >= 15 is 0 Å². The van der Waals surface area contributed by atoms with Gasteiger partial charge in [-0.15, -0.1) is 0 Å². The lowest BCUT2D eigenvalue weighted by Gasteiger charge is -2.31. The van der Waals surface area contributed by atoms with Crippen LogP contribution in [-0.2, 0) is 0 Å². The number of hydrogen-bond donors (Lipinski definition) is 2. The van der Waals surface area contributed by atoms with Gasteiger partial charge < -0.3 is 16.4 Å². The van der Waals surface area contributed by atoms with Crippen LogP contribution >= 0.6 is 0 Å². The molecule has 4 N–H and O–H groups in total. The van der Waals surface area contributed by atoms with Gasteiger partial charge >= 0.3 is 0 Å². The fourth-order valence-corrected chi connectivity index (χ4v) is 2.77. The van der Waals surface area contributed by atoms with Crippen LogP contribution in [0, 0.1) is 5.92 Å². The van der Waals surface area contributed by atoms with Crippen molar-refractivity contribution in [2.24, 2.45) is 17.4 Å². The number of carbonyl (C=O) groups is 1. The summed E-state index contributed by atoms with van der Waals surface area (Å²) in [6.45, 7) is 0.711. The van der Waals surface area contributed by atoms with Crippen molar-refractivity contribution >= 4 is 11.6 Å². The minimum Gasteiger partial charge on any atom is -0.371 e. The first-order valence-electron chi connectivity index (χ1n) is 6.32. The lowest BCUT2D eigenvalue weighted by atomic mass is 10.0. The summed E-state index contributed by atoms with van der Waals surface area (Å²) in [6.07, 6.45) is 5.16. The molecule has 2 rings (SSSR count). The Bertz CT molecular complexity index is 435. The zero-order valence-corrected chi connectivity index (χ0v) is 10.7. The molecule has 1 amide bonds. The van der Waals surface area contributed by atoms with E-state index in [1.165, 1.54) is 12.8 Å². The molecule has 1 fully saturated rings. The third-order valence-electron chi connectivity index (χ3n) is 3.82. The average molecular weight is 248 g/mol. The molecule has 0 bridgehead atoms. The molecule has 1 aliphatic carbocycles. The van der Waals surface area contributed by atoms with E-state index in [-0.39, 0.29) is 0 Å². The normalized spacial score (nSPS) is 23.0. The van der Waals surface area contributed by atoms with E-state index in [0.717, 1.165) is 12.1 Å². The van der Waals surface area contributed by atoms with Crippen molar-refractivity contribution in [2.75, 3.05) is 18.5 Å². The predicted octanol–water partition coefficient (Wildman–Crippen LogP) is 0.744. The molecule has 2 unspecified atom stereocenters. The highest BCUT2D eigenvalue weighted by Gasteiger charge is 2.29. The molecular weight excluding hydrogens is 228 g/mol. The van der Waals surface area contributed by atoms with Gasteiger partial charge in [0.2, 0.25) is 0 Å². The van der Waals surface area contributed by atoms with Crippen molar-refractivity contribution in [1.82, 2.24) is 4.98 Å². The summed E-state index contributed by atoms with van der Waals surface area (Å²) < 4.78 is 0. The smallest absolute Gasteiger partial charge is 0.267 e. The molecular formula is C13H20N4O. The van der Waals surface area contributed by atoms with Crippen LogP contribution in [0.5, 0.6) is 0 Å². The molecule has 0 aromatic carbocycles. The molecule has 5 nitrogen and oxygen atoms in total. The van der Waals surface area contributed by atoms with Crippen LogP contribution in [0.4, 0.5) is 5.69 Å². The first kappa shape index (κ1) is 12.8. The van der Waals surface area contributed by atoms with Crippen LogP contribution < -0.4 is 16.4 Å². The molecule has 2 atom stereocenters. The number of amides is 1. The van der Waals surface area contributed by atoms with Crippen LogP contribution in [0.2, 0.25) is 0 Å². The van der Waals surface area contributed by atoms with Gasteiger partial charge in [0.1, 0.15) is 5.69 Å². The lowest BCUT2D eigenvalue weighted by molar-refractivity contribution is 0.0995. The van der Waals surface area contributed by atoms with Crippen molar-refractivity contribution in [1.29, 1.82) is 0 Å². The Labute approximate surface area is 107 Å². The first-order valence-corrected chi connectivity index (χ1v) is 6.32. The highest BCUT2D eigenvalue weighted by molar-refractivity contribution is 5.91. The van der Waals surface area contributed by atoms with Gasteiger partial charge in [-0.1, -0.05) is 6.42 Å². The number of hydrogen-bond acceptors (Lipinski definition) is 4. The Balaban J connectivity index is 2.20. The minimum atomic E-state index is -0.493. The summed E-state index contributed by atoms with van der Waals surface area (Å²) in [6, 6.07) is 4.09. The average Bonchev–Trinajstić information content (AvgIpc) is 2.86. The third-order valence-corrected chi connectivity index (χ3v) is 3.82. The van der Waals surface area contributed by atoms with Crippen LogP contribution in [0.25, 0.3) is 0 Å². The zero-order chi connectivity index (χ0) is 13.1. The second kappa shape index (κ2) is 5.35. The quantitative estimate of drug-likeness (QED) is 0.823. The largest absolute Gasteiger partial charge is 0.371 e. The Morgan fingerprint density at radius 2 is 2.33 bits per heavy atom. The number of aromatic nitrogens is 1. The zero-order valence-electron chi connectivity index (χ0n) is 10.7.